The lowest BCUT2D eigenvalue weighted by Crippen LogP contribution is -2.61. The van der Waals surface area contributed by atoms with Crippen molar-refractivity contribution in [2.45, 2.75) is 287 Å². The van der Waals surface area contributed by atoms with Crippen molar-refractivity contribution in [3.63, 3.8) is 0 Å². The quantitative estimate of drug-likeness (QED) is 0.0172. The van der Waals surface area contributed by atoms with E-state index in [0.29, 0.717) is 13.0 Å². The number of hydrogen-bond donors (Lipinski definition) is 7. The predicted octanol–water partition coefficient (Wildman–Crippen LogP) is 12.0. The molecule has 0 aromatic carbocycles. The third-order valence-corrected chi connectivity index (χ3v) is 14.4. The highest BCUT2D eigenvalue weighted by atomic mass is 16.7. The minimum atomic E-state index is -1.72. The molecule has 0 amide bonds. The molecule has 0 aliphatic carbocycles. The second kappa shape index (κ2) is 50.9. The Morgan fingerprint density at radius 1 is 0.430 bits per heavy atom. The highest BCUT2D eigenvalue weighted by Crippen LogP contribution is 2.27. The highest BCUT2D eigenvalue weighted by molar-refractivity contribution is 5.69. The fourth-order valence-electron chi connectivity index (χ4n) is 9.40. The number of unbranched alkanes of at least 4 members (excludes halogenated alkanes) is 22. The molecular formula is C65H112O14. The van der Waals surface area contributed by atoms with Crippen LogP contribution in [-0.4, -0.2) is 142 Å². The minimum absolute atomic E-state index is 0.0347. The van der Waals surface area contributed by atoms with Gasteiger partial charge in [0.2, 0.25) is 0 Å². The molecule has 0 aromatic heterocycles. The van der Waals surface area contributed by atoms with Crippen LogP contribution >= 0.6 is 0 Å². The van der Waals surface area contributed by atoms with Gasteiger partial charge in [0.1, 0.15) is 54.9 Å². The summed E-state index contributed by atoms with van der Waals surface area (Å²) in [6.45, 7) is 3.50. The smallest absolute Gasteiger partial charge is 0.306 e. The van der Waals surface area contributed by atoms with Gasteiger partial charge in [-0.05, 0) is 89.9 Å². The summed E-state index contributed by atoms with van der Waals surface area (Å²) in [5.74, 6) is -0.390. The third kappa shape index (κ3) is 37.1. The fourth-order valence-corrected chi connectivity index (χ4v) is 9.40. The van der Waals surface area contributed by atoms with Gasteiger partial charge in [-0.25, -0.2) is 0 Å². The second-order valence-corrected chi connectivity index (χ2v) is 21.5. The monoisotopic (exact) mass is 1120 g/mol. The molecule has 14 nitrogen and oxygen atoms in total. The maximum absolute atomic E-state index is 13.1. The number of rotatable bonds is 50. The van der Waals surface area contributed by atoms with E-state index in [0.717, 1.165) is 83.5 Å². The fraction of sp³-hybridized carbons (Fsp3) is 0.769. The van der Waals surface area contributed by atoms with Crippen LogP contribution in [0.1, 0.15) is 219 Å². The van der Waals surface area contributed by atoms with Gasteiger partial charge in [-0.1, -0.05) is 208 Å². The van der Waals surface area contributed by atoms with Crippen LogP contribution in [0.5, 0.6) is 0 Å². The molecule has 2 saturated heterocycles. The largest absolute Gasteiger partial charge is 0.457 e. The third-order valence-electron chi connectivity index (χ3n) is 14.4. The summed E-state index contributed by atoms with van der Waals surface area (Å²) in [6.07, 6.45) is 50.7. The number of esters is 1. The van der Waals surface area contributed by atoms with Crippen molar-refractivity contribution >= 4 is 5.97 Å². The van der Waals surface area contributed by atoms with Crippen molar-refractivity contribution in [1.82, 2.24) is 0 Å². The lowest BCUT2D eigenvalue weighted by molar-refractivity contribution is -0.332. The molecule has 79 heavy (non-hydrogen) atoms. The summed E-state index contributed by atoms with van der Waals surface area (Å²) in [7, 11) is 0. The van der Waals surface area contributed by atoms with Crippen molar-refractivity contribution < 1.29 is 69.0 Å². The van der Waals surface area contributed by atoms with E-state index >= 15 is 0 Å². The van der Waals surface area contributed by atoms with Gasteiger partial charge >= 0.3 is 5.97 Å². The van der Waals surface area contributed by atoms with Crippen LogP contribution in [0.15, 0.2) is 85.1 Å². The van der Waals surface area contributed by atoms with E-state index in [1.165, 1.54) is 109 Å². The molecular weight excluding hydrogens is 1000 g/mol. The summed E-state index contributed by atoms with van der Waals surface area (Å²) in [5.41, 5.74) is 0. The molecule has 0 bridgehead atoms. The first-order valence-corrected chi connectivity index (χ1v) is 31.2. The highest BCUT2D eigenvalue weighted by Gasteiger charge is 2.47. The van der Waals surface area contributed by atoms with Crippen molar-refractivity contribution in [3.8, 4) is 0 Å². The molecule has 0 radical (unpaired) electrons. The average molecular weight is 1120 g/mol. The molecule has 0 spiro atoms. The van der Waals surface area contributed by atoms with Crippen LogP contribution in [-0.2, 0) is 33.2 Å². The lowest BCUT2D eigenvalue weighted by Gasteiger charge is -2.42. The van der Waals surface area contributed by atoms with Gasteiger partial charge in [-0.3, -0.25) is 4.79 Å². The Labute approximate surface area is 478 Å². The Hall–Kier alpha value is -2.83. The Morgan fingerprint density at radius 2 is 0.823 bits per heavy atom. The number of allylic oxidation sites excluding steroid dienone is 14. The Balaban J connectivity index is 1.71. The Bertz CT molecular complexity index is 1630. The van der Waals surface area contributed by atoms with Gasteiger partial charge in [0.05, 0.1) is 26.4 Å². The maximum atomic E-state index is 13.1. The zero-order valence-electron chi connectivity index (χ0n) is 49.1. The van der Waals surface area contributed by atoms with E-state index in [9.17, 15) is 40.5 Å². The SMILES string of the molecule is CC/C=C\C/C=C\C/C=C\C/C=C\C/C=C\C/C=C\CCCCCOCC(COC1OC(COC2OC(CO)C(O)C(O)C2O)C(O)C(O)C1O)OC(=O)CCCCCCCCCCCCC/C=C\CCCCCCCCCC. The number of aliphatic hydroxyl groups excluding tert-OH is 7. The zero-order chi connectivity index (χ0) is 57.2. The molecule has 2 aliphatic heterocycles. The van der Waals surface area contributed by atoms with E-state index in [1.54, 1.807) is 0 Å². The molecule has 14 heteroatoms. The summed E-state index contributed by atoms with van der Waals surface area (Å²) < 4.78 is 34.4. The van der Waals surface area contributed by atoms with Crippen LogP contribution in [0.3, 0.4) is 0 Å². The number of hydrogen-bond acceptors (Lipinski definition) is 14. The minimum Gasteiger partial charge on any atom is -0.457 e. The van der Waals surface area contributed by atoms with E-state index in [2.05, 4.69) is 98.9 Å². The van der Waals surface area contributed by atoms with E-state index in [1.807, 2.05) is 0 Å². The Morgan fingerprint density at radius 3 is 1.30 bits per heavy atom. The van der Waals surface area contributed by atoms with Gasteiger partial charge in [0, 0.05) is 13.0 Å². The van der Waals surface area contributed by atoms with E-state index < -0.39 is 80.7 Å². The summed E-state index contributed by atoms with van der Waals surface area (Å²) in [4.78, 5) is 13.1. The normalized spacial score (nSPS) is 24.6. The summed E-state index contributed by atoms with van der Waals surface area (Å²) >= 11 is 0. The number of ether oxygens (including phenoxy) is 6. The maximum Gasteiger partial charge on any atom is 0.306 e. The zero-order valence-corrected chi connectivity index (χ0v) is 49.1. The number of carbonyl (C=O) groups excluding carboxylic acids is 1. The van der Waals surface area contributed by atoms with Crippen molar-refractivity contribution in [2.24, 2.45) is 0 Å². The second-order valence-electron chi connectivity index (χ2n) is 21.5. The molecule has 2 heterocycles. The summed E-state index contributed by atoms with van der Waals surface area (Å²) in [5, 5.41) is 72.5. The van der Waals surface area contributed by atoms with Crippen molar-refractivity contribution in [2.75, 3.05) is 33.0 Å². The van der Waals surface area contributed by atoms with Gasteiger partial charge in [-0.2, -0.15) is 0 Å². The Kier molecular flexibility index (Phi) is 46.5. The first-order chi connectivity index (χ1) is 38.6. The number of aliphatic hydroxyl groups is 7. The molecule has 2 fully saturated rings. The average Bonchev–Trinajstić information content (AvgIpc) is 3.46. The molecule has 7 N–H and O–H groups in total. The molecule has 2 rings (SSSR count). The van der Waals surface area contributed by atoms with Crippen LogP contribution < -0.4 is 0 Å². The van der Waals surface area contributed by atoms with Gasteiger partial charge in [0.25, 0.3) is 0 Å². The van der Waals surface area contributed by atoms with E-state index in [4.69, 9.17) is 28.4 Å². The lowest BCUT2D eigenvalue weighted by atomic mass is 9.98. The topological polar surface area (TPSA) is 214 Å². The van der Waals surface area contributed by atoms with Crippen molar-refractivity contribution in [3.05, 3.63) is 85.1 Å². The molecule has 0 saturated carbocycles. The van der Waals surface area contributed by atoms with Crippen LogP contribution in [0.4, 0.5) is 0 Å². The molecule has 2 aliphatic rings. The molecule has 11 atom stereocenters. The molecule has 11 unspecified atom stereocenters. The van der Waals surface area contributed by atoms with Gasteiger partial charge < -0.3 is 64.2 Å². The molecule has 0 aromatic rings. The molecule has 456 valence electrons. The first kappa shape index (κ1) is 72.3. The van der Waals surface area contributed by atoms with Crippen LogP contribution in [0, 0.1) is 0 Å². The predicted molar refractivity (Wildman–Crippen MR) is 316 cm³/mol. The first-order valence-electron chi connectivity index (χ1n) is 31.2. The number of carbonyl (C=O) groups is 1. The standard InChI is InChI=1S/C65H112O14/c1-3-5-7-9-11-13-15-17-19-21-23-25-27-28-30-32-34-36-38-40-42-44-46-48-57(67)77-54(51-74-49-47-45-43-41-39-37-35-33-31-29-26-24-22-20-18-16-14-12-10-8-6-4-2)52-75-64-63(73)61(71)59(69)56(79-64)53-76-65-62(72)60(70)58(68)55(50-66)78-65/h6,8,12,14,18,20-21,23-24,26,31,33,37,39,54-56,58-66,68-73H,3-5,7,9-11,13,15-17,19,22,25,27-30,32,34-36,38,40-53H2,1-2H3/b8-6-,14-12-,20-18-,23-21-,26-24-,33-31-,39-37-. The van der Waals surface area contributed by atoms with E-state index in [-0.39, 0.29) is 25.6 Å². The van der Waals surface area contributed by atoms with Crippen molar-refractivity contribution in [1.29, 1.82) is 0 Å². The summed E-state index contributed by atoms with van der Waals surface area (Å²) in [6, 6.07) is 0. The van der Waals surface area contributed by atoms with Crippen LogP contribution in [0.2, 0.25) is 0 Å². The van der Waals surface area contributed by atoms with Gasteiger partial charge in [-0.15, -0.1) is 0 Å². The van der Waals surface area contributed by atoms with Gasteiger partial charge in [0.15, 0.2) is 12.6 Å². The van der Waals surface area contributed by atoms with Crippen LogP contribution in [0.25, 0.3) is 0 Å².